The van der Waals surface area contributed by atoms with Crippen molar-refractivity contribution in [1.82, 2.24) is 20.4 Å². The minimum atomic E-state index is -0.0922. The lowest BCUT2D eigenvalue weighted by atomic mass is 10.1. The molecule has 0 aliphatic carbocycles. The van der Waals surface area contributed by atoms with Crippen LogP contribution in [0.1, 0.15) is 29.1 Å². The van der Waals surface area contributed by atoms with Crippen molar-refractivity contribution in [3.8, 4) is 17.2 Å². The Balaban J connectivity index is 1.43. The van der Waals surface area contributed by atoms with Gasteiger partial charge in [-0.05, 0) is 63.8 Å². The predicted molar refractivity (Wildman–Crippen MR) is 128 cm³/mol. The Hall–Kier alpha value is -2.84. The summed E-state index contributed by atoms with van der Waals surface area (Å²) in [5, 5.41) is 11.2. The van der Waals surface area contributed by atoms with E-state index in [9.17, 15) is 4.79 Å². The van der Waals surface area contributed by atoms with Crippen LogP contribution >= 0.6 is 11.8 Å². The van der Waals surface area contributed by atoms with Crippen LogP contribution in [0.5, 0.6) is 5.75 Å². The molecule has 0 radical (unpaired) electrons. The number of nitrogens with one attached hydrogen (secondary N) is 1. The normalized spacial score (nSPS) is 11.0. The summed E-state index contributed by atoms with van der Waals surface area (Å²) in [5.74, 6) is 3.17. The summed E-state index contributed by atoms with van der Waals surface area (Å²) < 4.78 is 11.5. The van der Waals surface area contributed by atoms with Crippen LogP contribution in [0.4, 0.5) is 0 Å². The Morgan fingerprint density at radius 3 is 2.75 bits per heavy atom. The summed E-state index contributed by atoms with van der Waals surface area (Å²) in [7, 11) is 4.10. The number of thioether (sulfide) groups is 1. The lowest BCUT2D eigenvalue weighted by Gasteiger charge is -2.09. The Morgan fingerprint density at radius 2 is 1.94 bits per heavy atom. The second-order valence-electron chi connectivity index (χ2n) is 7.56. The molecule has 0 bridgehead atoms. The lowest BCUT2D eigenvalue weighted by Crippen LogP contribution is -2.25. The molecule has 0 saturated carbocycles. The van der Waals surface area contributed by atoms with Crippen molar-refractivity contribution in [2.45, 2.75) is 18.6 Å². The third-order valence-corrected chi connectivity index (χ3v) is 5.53. The van der Waals surface area contributed by atoms with Gasteiger partial charge in [-0.1, -0.05) is 24.3 Å². The molecule has 0 aliphatic rings. The second-order valence-corrected chi connectivity index (χ2v) is 8.67. The summed E-state index contributed by atoms with van der Waals surface area (Å²) in [6.45, 7) is 2.29. The van der Waals surface area contributed by atoms with Gasteiger partial charge < -0.3 is 19.4 Å². The number of unbranched alkanes of at least 4 members (excludes halogenated alkanes) is 1. The van der Waals surface area contributed by atoms with Crippen molar-refractivity contribution >= 4 is 17.7 Å². The fourth-order valence-electron chi connectivity index (χ4n) is 2.97. The first-order chi connectivity index (χ1) is 15.6. The zero-order valence-electron chi connectivity index (χ0n) is 18.6. The number of rotatable bonds is 13. The van der Waals surface area contributed by atoms with Gasteiger partial charge in [0.05, 0.1) is 12.4 Å². The molecule has 8 heteroatoms. The van der Waals surface area contributed by atoms with E-state index in [0.717, 1.165) is 36.5 Å². The number of aromatic nitrogens is 2. The molecular formula is C24H30N4O3S. The van der Waals surface area contributed by atoms with Gasteiger partial charge in [-0.15, -0.1) is 22.0 Å². The SMILES string of the molecule is CN(C)CCCCNC(=O)c1cccc(-c2nnc(CSCCOc3ccccc3)o2)c1. The molecule has 32 heavy (non-hydrogen) atoms. The zero-order valence-corrected chi connectivity index (χ0v) is 19.4. The van der Waals surface area contributed by atoms with Gasteiger partial charge >= 0.3 is 0 Å². The van der Waals surface area contributed by atoms with Crippen LogP contribution in [-0.2, 0) is 5.75 Å². The van der Waals surface area contributed by atoms with E-state index in [1.54, 1.807) is 23.9 Å². The number of amides is 1. The molecule has 1 heterocycles. The van der Waals surface area contributed by atoms with Gasteiger partial charge in [-0.3, -0.25) is 4.79 Å². The third kappa shape index (κ3) is 8.01. The standard InChI is InChI=1S/C24H30N4O3S/c1-28(2)14-7-6-13-25-23(29)19-9-8-10-20(17-19)24-27-26-22(31-24)18-32-16-15-30-21-11-4-3-5-12-21/h3-5,8-12,17H,6-7,13-16,18H2,1-2H3,(H,25,29). The maximum Gasteiger partial charge on any atom is 0.251 e. The molecule has 0 spiro atoms. The fraction of sp³-hybridized carbons (Fsp3) is 0.375. The average Bonchev–Trinajstić information content (AvgIpc) is 3.28. The topological polar surface area (TPSA) is 80.5 Å². The van der Waals surface area contributed by atoms with Crippen LogP contribution in [0.25, 0.3) is 11.5 Å². The summed E-state index contributed by atoms with van der Waals surface area (Å²) >= 11 is 1.67. The number of carbonyl (C=O) groups is 1. The largest absolute Gasteiger partial charge is 0.493 e. The molecule has 1 amide bonds. The first-order valence-electron chi connectivity index (χ1n) is 10.7. The fourth-order valence-corrected chi connectivity index (χ4v) is 3.61. The Bertz CT molecular complexity index is 963. The summed E-state index contributed by atoms with van der Waals surface area (Å²) in [6, 6.07) is 17.0. The number of benzene rings is 2. The quantitative estimate of drug-likeness (QED) is 0.389. The summed E-state index contributed by atoms with van der Waals surface area (Å²) in [6.07, 6.45) is 2.00. The molecule has 0 atom stereocenters. The first kappa shape index (κ1) is 23.8. The van der Waals surface area contributed by atoms with Crippen molar-refractivity contribution in [2.75, 3.05) is 39.5 Å². The van der Waals surface area contributed by atoms with E-state index in [4.69, 9.17) is 9.15 Å². The molecule has 0 unspecified atom stereocenters. The smallest absolute Gasteiger partial charge is 0.251 e. The van der Waals surface area contributed by atoms with E-state index in [-0.39, 0.29) is 5.91 Å². The van der Waals surface area contributed by atoms with Gasteiger partial charge in [0.2, 0.25) is 11.8 Å². The van der Waals surface area contributed by atoms with Gasteiger partial charge in [-0.25, -0.2) is 0 Å². The molecule has 3 rings (SSSR count). The van der Waals surface area contributed by atoms with Gasteiger partial charge in [0.1, 0.15) is 5.75 Å². The molecule has 1 N–H and O–H groups in total. The number of carbonyl (C=O) groups excluding carboxylic acids is 1. The molecule has 0 saturated heterocycles. The van der Waals surface area contributed by atoms with Gasteiger partial charge in [0, 0.05) is 23.4 Å². The van der Waals surface area contributed by atoms with Gasteiger partial charge in [0.25, 0.3) is 5.91 Å². The molecule has 0 aliphatic heterocycles. The molecule has 0 fully saturated rings. The van der Waals surface area contributed by atoms with Crippen LogP contribution in [0.15, 0.2) is 59.0 Å². The average molecular weight is 455 g/mol. The van der Waals surface area contributed by atoms with Crippen LogP contribution in [0.3, 0.4) is 0 Å². The maximum absolute atomic E-state index is 12.4. The van der Waals surface area contributed by atoms with E-state index in [0.29, 0.717) is 36.2 Å². The van der Waals surface area contributed by atoms with E-state index >= 15 is 0 Å². The molecule has 2 aromatic carbocycles. The van der Waals surface area contributed by atoms with Gasteiger partial charge in [0.15, 0.2) is 0 Å². The number of hydrogen-bond acceptors (Lipinski definition) is 7. The van der Waals surface area contributed by atoms with Crippen LogP contribution < -0.4 is 10.1 Å². The van der Waals surface area contributed by atoms with Gasteiger partial charge in [-0.2, -0.15) is 0 Å². The highest BCUT2D eigenvalue weighted by molar-refractivity contribution is 7.98. The van der Waals surface area contributed by atoms with E-state index < -0.39 is 0 Å². The van der Waals surface area contributed by atoms with Crippen molar-refractivity contribution in [1.29, 1.82) is 0 Å². The number of hydrogen-bond donors (Lipinski definition) is 1. The minimum Gasteiger partial charge on any atom is -0.493 e. The first-order valence-corrected chi connectivity index (χ1v) is 11.9. The van der Waals surface area contributed by atoms with Crippen LogP contribution in [0, 0.1) is 0 Å². The van der Waals surface area contributed by atoms with Crippen LogP contribution in [-0.4, -0.2) is 60.5 Å². The highest BCUT2D eigenvalue weighted by atomic mass is 32.2. The zero-order chi connectivity index (χ0) is 22.6. The van der Waals surface area contributed by atoms with Crippen molar-refractivity contribution in [3.63, 3.8) is 0 Å². The van der Waals surface area contributed by atoms with Crippen molar-refractivity contribution in [3.05, 3.63) is 66.1 Å². The molecular weight excluding hydrogens is 424 g/mol. The van der Waals surface area contributed by atoms with Crippen LogP contribution in [0.2, 0.25) is 0 Å². The Morgan fingerprint density at radius 1 is 1.09 bits per heavy atom. The third-order valence-electron chi connectivity index (χ3n) is 4.62. The maximum atomic E-state index is 12.4. The number of para-hydroxylation sites is 1. The Labute approximate surface area is 193 Å². The summed E-state index contributed by atoms with van der Waals surface area (Å²) in [5.41, 5.74) is 1.32. The second kappa shape index (κ2) is 12.9. The number of ether oxygens (including phenoxy) is 1. The Kier molecular flexibility index (Phi) is 9.59. The highest BCUT2D eigenvalue weighted by Crippen LogP contribution is 2.21. The van der Waals surface area contributed by atoms with Crippen molar-refractivity contribution in [2.24, 2.45) is 0 Å². The van der Waals surface area contributed by atoms with E-state index in [2.05, 4.69) is 20.4 Å². The van der Waals surface area contributed by atoms with E-state index in [1.165, 1.54) is 0 Å². The molecule has 3 aromatic rings. The predicted octanol–water partition coefficient (Wildman–Crippen LogP) is 4.12. The molecule has 170 valence electrons. The molecule has 7 nitrogen and oxygen atoms in total. The highest BCUT2D eigenvalue weighted by Gasteiger charge is 2.12. The number of nitrogens with zero attached hydrogens (tertiary/aromatic N) is 3. The summed E-state index contributed by atoms with van der Waals surface area (Å²) in [4.78, 5) is 14.6. The van der Waals surface area contributed by atoms with Crippen molar-refractivity contribution < 1.29 is 13.9 Å². The van der Waals surface area contributed by atoms with E-state index in [1.807, 2.05) is 56.6 Å². The minimum absolute atomic E-state index is 0.0922. The lowest BCUT2D eigenvalue weighted by molar-refractivity contribution is 0.0953. The molecule has 1 aromatic heterocycles. The monoisotopic (exact) mass is 454 g/mol.